The Morgan fingerprint density at radius 3 is 2.58 bits per heavy atom. The summed E-state index contributed by atoms with van der Waals surface area (Å²) < 4.78 is 5.16. The van der Waals surface area contributed by atoms with Crippen LogP contribution in [0.25, 0.3) is 0 Å². The number of hydrogen-bond donors (Lipinski definition) is 3. The Bertz CT molecular complexity index is 690. The van der Waals surface area contributed by atoms with Crippen molar-refractivity contribution in [3.05, 3.63) is 45.5 Å². The average molecular weight is 348 g/mol. The Morgan fingerprint density at radius 1 is 1.17 bits per heavy atom. The highest BCUT2D eigenvalue weighted by molar-refractivity contribution is 7.11. The molecule has 2 aromatic heterocycles. The summed E-state index contributed by atoms with van der Waals surface area (Å²) in [5.74, 6) is 0.967. The van der Waals surface area contributed by atoms with Crippen LogP contribution in [0.4, 0.5) is 0 Å². The third kappa shape index (κ3) is 5.42. The minimum absolute atomic E-state index is 0.173. The van der Waals surface area contributed by atoms with Crippen molar-refractivity contribution in [1.29, 1.82) is 0 Å². The molecular weight excluding hydrogens is 324 g/mol. The Hall–Kier alpha value is -2.28. The van der Waals surface area contributed by atoms with Crippen LogP contribution in [-0.4, -0.2) is 32.0 Å². The predicted molar refractivity (Wildman–Crippen MR) is 97.7 cm³/mol. The lowest BCUT2D eigenvalue weighted by molar-refractivity contribution is 0.0925. The van der Waals surface area contributed by atoms with E-state index in [4.69, 9.17) is 4.42 Å². The molecule has 2 rings (SSSR count). The normalized spacial score (nSPS) is 11.4. The van der Waals surface area contributed by atoms with E-state index in [9.17, 15) is 4.79 Å². The Kier molecular flexibility index (Phi) is 6.87. The molecule has 0 aliphatic heterocycles. The summed E-state index contributed by atoms with van der Waals surface area (Å²) in [5.41, 5.74) is 0.846. The summed E-state index contributed by atoms with van der Waals surface area (Å²) in [7, 11) is 1.75. The zero-order valence-electron chi connectivity index (χ0n) is 14.3. The van der Waals surface area contributed by atoms with E-state index in [-0.39, 0.29) is 5.91 Å². The van der Waals surface area contributed by atoms with Crippen molar-refractivity contribution in [2.24, 2.45) is 4.99 Å². The molecule has 0 bridgehead atoms. The molecule has 0 unspecified atom stereocenters. The SMILES string of the molecule is CN=C(NCCCNC(=O)c1occc1C)NCc1ccc(C)s1. The molecule has 0 saturated carbocycles. The first kappa shape index (κ1) is 18.1. The Morgan fingerprint density at radius 2 is 1.96 bits per heavy atom. The van der Waals surface area contributed by atoms with Crippen LogP contribution in [0.3, 0.4) is 0 Å². The van der Waals surface area contributed by atoms with Gasteiger partial charge in [-0.05, 0) is 38.5 Å². The van der Waals surface area contributed by atoms with Crippen molar-refractivity contribution in [2.75, 3.05) is 20.1 Å². The monoisotopic (exact) mass is 348 g/mol. The van der Waals surface area contributed by atoms with E-state index in [1.165, 1.54) is 16.0 Å². The van der Waals surface area contributed by atoms with E-state index < -0.39 is 0 Å². The minimum Gasteiger partial charge on any atom is -0.459 e. The first-order chi connectivity index (χ1) is 11.6. The summed E-state index contributed by atoms with van der Waals surface area (Å²) in [4.78, 5) is 18.7. The van der Waals surface area contributed by atoms with Gasteiger partial charge in [0.25, 0.3) is 5.91 Å². The number of carbonyl (C=O) groups is 1. The second-order valence-electron chi connectivity index (χ2n) is 5.41. The molecule has 7 heteroatoms. The van der Waals surface area contributed by atoms with Gasteiger partial charge >= 0.3 is 0 Å². The molecule has 2 aromatic rings. The molecule has 6 nitrogen and oxygen atoms in total. The van der Waals surface area contributed by atoms with Crippen LogP contribution in [0.2, 0.25) is 0 Å². The van der Waals surface area contributed by atoms with Gasteiger partial charge in [-0.25, -0.2) is 0 Å². The molecule has 0 radical (unpaired) electrons. The van der Waals surface area contributed by atoms with Crippen molar-refractivity contribution in [3.63, 3.8) is 0 Å². The number of nitrogens with one attached hydrogen (secondary N) is 3. The molecular formula is C17H24N4O2S. The highest BCUT2D eigenvalue weighted by atomic mass is 32.1. The number of carbonyl (C=O) groups excluding carboxylic acids is 1. The maximum Gasteiger partial charge on any atom is 0.287 e. The smallest absolute Gasteiger partial charge is 0.287 e. The van der Waals surface area contributed by atoms with E-state index in [2.05, 4.69) is 40.0 Å². The molecule has 0 aliphatic rings. The van der Waals surface area contributed by atoms with Gasteiger partial charge < -0.3 is 20.4 Å². The number of aryl methyl sites for hydroxylation is 2. The maximum atomic E-state index is 11.9. The van der Waals surface area contributed by atoms with Gasteiger partial charge in [0.1, 0.15) is 0 Å². The van der Waals surface area contributed by atoms with Crippen molar-refractivity contribution in [2.45, 2.75) is 26.8 Å². The van der Waals surface area contributed by atoms with Gasteiger partial charge in [-0.2, -0.15) is 0 Å². The number of amides is 1. The van der Waals surface area contributed by atoms with Crippen LogP contribution in [-0.2, 0) is 6.54 Å². The van der Waals surface area contributed by atoms with Gasteiger partial charge in [0.15, 0.2) is 11.7 Å². The van der Waals surface area contributed by atoms with E-state index in [1.54, 1.807) is 24.5 Å². The van der Waals surface area contributed by atoms with E-state index in [0.717, 1.165) is 31.0 Å². The van der Waals surface area contributed by atoms with E-state index in [1.807, 2.05) is 6.92 Å². The Labute approximate surface area is 146 Å². The summed E-state index contributed by atoms with van der Waals surface area (Å²) in [6, 6.07) is 6.01. The fourth-order valence-electron chi connectivity index (χ4n) is 2.15. The fourth-order valence-corrected chi connectivity index (χ4v) is 2.98. The molecule has 0 saturated heterocycles. The lowest BCUT2D eigenvalue weighted by Crippen LogP contribution is -2.38. The van der Waals surface area contributed by atoms with Crippen LogP contribution in [0, 0.1) is 13.8 Å². The lowest BCUT2D eigenvalue weighted by atomic mass is 10.2. The molecule has 0 fully saturated rings. The van der Waals surface area contributed by atoms with Crippen LogP contribution in [0.1, 0.15) is 32.3 Å². The van der Waals surface area contributed by atoms with E-state index >= 15 is 0 Å². The maximum absolute atomic E-state index is 11.9. The van der Waals surface area contributed by atoms with Gasteiger partial charge in [0.2, 0.25) is 0 Å². The molecule has 0 aliphatic carbocycles. The van der Waals surface area contributed by atoms with Crippen LogP contribution in [0.15, 0.2) is 33.9 Å². The topological polar surface area (TPSA) is 78.7 Å². The van der Waals surface area contributed by atoms with Crippen molar-refractivity contribution < 1.29 is 9.21 Å². The first-order valence-corrected chi connectivity index (χ1v) is 8.74. The second-order valence-corrected chi connectivity index (χ2v) is 6.78. The highest BCUT2D eigenvalue weighted by Crippen LogP contribution is 2.14. The molecule has 0 spiro atoms. The molecule has 130 valence electrons. The third-order valence-corrected chi connectivity index (χ3v) is 4.45. The Balaban J connectivity index is 1.62. The number of hydrogen-bond acceptors (Lipinski definition) is 4. The van der Waals surface area contributed by atoms with Gasteiger partial charge in [0.05, 0.1) is 12.8 Å². The molecule has 0 aromatic carbocycles. The lowest BCUT2D eigenvalue weighted by Gasteiger charge is -2.11. The standard InChI is InChI=1S/C17H24N4O2S/c1-12-7-10-23-15(12)16(22)19-8-4-9-20-17(18-3)21-11-14-6-5-13(2)24-14/h5-7,10H,4,8-9,11H2,1-3H3,(H,19,22)(H2,18,20,21). The zero-order valence-corrected chi connectivity index (χ0v) is 15.1. The fraction of sp³-hybridized carbons (Fsp3) is 0.412. The van der Waals surface area contributed by atoms with Crippen LogP contribution >= 0.6 is 11.3 Å². The van der Waals surface area contributed by atoms with Crippen molar-refractivity contribution in [1.82, 2.24) is 16.0 Å². The number of thiophene rings is 1. The summed E-state index contributed by atoms with van der Waals surface area (Å²) in [6.07, 6.45) is 2.32. The molecule has 2 heterocycles. The number of aliphatic imine (C=N–C) groups is 1. The van der Waals surface area contributed by atoms with Crippen LogP contribution in [0.5, 0.6) is 0 Å². The van der Waals surface area contributed by atoms with Gasteiger partial charge in [-0.15, -0.1) is 11.3 Å². The zero-order chi connectivity index (χ0) is 17.4. The molecule has 3 N–H and O–H groups in total. The average Bonchev–Trinajstić information content (AvgIpc) is 3.18. The summed E-state index contributed by atoms with van der Waals surface area (Å²) in [5, 5.41) is 9.36. The number of nitrogens with zero attached hydrogens (tertiary/aromatic N) is 1. The number of guanidine groups is 1. The van der Waals surface area contributed by atoms with Gasteiger partial charge in [-0.3, -0.25) is 9.79 Å². The summed E-state index contributed by atoms with van der Waals surface area (Å²) >= 11 is 1.77. The highest BCUT2D eigenvalue weighted by Gasteiger charge is 2.11. The van der Waals surface area contributed by atoms with Crippen molar-refractivity contribution >= 4 is 23.2 Å². The quantitative estimate of drug-likeness (QED) is 0.408. The second kappa shape index (κ2) is 9.12. The van der Waals surface area contributed by atoms with Gasteiger partial charge in [-0.1, -0.05) is 0 Å². The molecule has 1 amide bonds. The number of furan rings is 1. The van der Waals surface area contributed by atoms with E-state index in [0.29, 0.717) is 12.3 Å². The van der Waals surface area contributed by atoms with Crippen LogP contribution < -0.4 is 16.0 Å². The molecule has 24 heavy (non-hydrogen) atoms. The number of rotatable bonds is 7. The predicted octanol–water partition coefficient (Wildman–Crippen LogP) is 2.44. The largest absolute Gasteiger partial charge is 0.459 e. The third-order valence-electron chi connectivity index (χ3n) is 3.45. The first-order valence-electron chi connectivity index (χ1n) is 7.92. The van der Waals surface area contributed by atoms with Crippen molar-refractivity contribution in [3.8, 4) is 0 Å². The van der Waals surface area contributed by atoms with Gasteiger partial charge in [0, 0.05) is 35.5 Å². The molecule has 0 atom stereocenters. The minimum atomic E-state index is -0.173. The summed E-state index contributed by atoms with van der Waals surface area (Å²) in [6.45, 7) is 6.00.